The Morgan fingerprint density at radius 1 is 1.31 bits per heavy atom. The number of hydrogen-bond donors (Lipinski definition) is 1. The highest BCUT2D eigenvalue weighted by molar-refractivity contribution is 7.13. The third kappa shape index (κ3) is 1.54. The summed E-state index contributed by atoms with van der Waals surface area (Å²) >= 11 is 1.54. The van der Waals surface area contributed by atoms with Crippen molar-refractivity contribution in [3.63, 3.8) is 0 Å². The number of nitrogens with zero attached hydrogens (tertiary/aromatic N) is 4. The van der Waals surface area contributed by atoms with Crippen molar-refractivity contribution in [2.24, 2.45) is 5.73 Å². The average Bonchev–Trinajstić information content (AvgIpc) is 2.94. The first-order valence-electron chi connectivity index (χ1n) is 5.46. The number of fused-ring (bicyclic) bond motifs is 1. The molecule has 3 rings (SSSR count). The third-order valence-electron chi connectivity index (χ3n) is 2.87. The molecule has 2 N–H and O–H groups in total. The summed E-state index contributed by atoms with van der Waals surface area (Å²) in [6.45, 7) is 0.453. The van der Waals surface area contributed by atoms with Crippen LogP contribution in [0, 0.1) is 0 Å². The van der Waals surface area contributed by atoms with Gasteiger partial charge in [-0.3, -0.25) is 4.57 Å². The Kier molecular flexibility index (Phi) is 2.45. The molecule has 84 valence electrons. The molecular formula is C10H13N5S. The Balaban J connectivity index is 2.02. The van der Waals surface area contributed by atoms with Gasteiger partial charge in [0.15, 0.2) is 0 Å². The molecule has 2 aromatic rings. The van der Waals surface area contributed by atoms with Crippen molar-refractivity contribution in [3.8, 4) is 5.13 Å². The maximum Gasteiger partial charge on any atom is 0.217 e. The second kappa shape index (κ2) is 3.95. The van der Waals surface area contributed by atoms with Crippen LogP contribution in [0.15, 0.2) is 6.33 Å². The van der Waals surface area contributed by atoms with E-state index in [1.165, 1.54) is 35.6 Å². The van der Waals surface area contributed by atoms with Crippen LogP contribution in [-0.4, -0.2) is 19.7 Å². The summed E-state index contributed by atoms with van der Waals surface area (Å²) in [7, 11) is 0. The molecule has 0 aromatic carbocycles. The summed E-state index contributed by atoms with van der Waals surface area (Å²) in [4.78, 5) is 4.44. The topological polar surface area (TPSA) is 69.6 Å². The predicted molar refractivity (Wildman–Crippen MR) is 61.6 cm³/mol. The summed E-state index contributed by atoms with van der Waals surface area (Å²) in [5, 5.41) is 9.94. The molecule has 0 bridgehead atoms. The van der Waals surface area contributed by atoms with Crippen LogP contribution in [0.1, 0.15) is 29.2 Å². The highest BCUT2D eigenvalue weighted by Gasteiger charge is 2.17. The van der Waals surface area contributed by atoms with E-state index in [2.05, 4.69) is 19.7 Å². The minimum atomic E-state index is 0.453. The first-order chi connectivity index (χ1) is 7.88. The van der Waals surface area contributed by atoms with Gasteiger partial charge < -0.3 is 5.73 Å². The zero-order chi connectivity index (χ0) is 11.0. The van der Waals surface area contributed by atoms with Crippen LogP contribution in [0.25, 0.3) is 5.13 Å². The Labute approximate surface area is 97.3 Å². The zero-order valence-corrected chi connectivity index (χ0v) is 9.70. The van der Waals surface area contributed by atoms with E-state index in [1.807, 2.05) is 6.33 Å². The molecule has 5 nitrogen and oxygen atoms in total. The number of aryl methyl sites for hydroxylation is 1. The minimum absolute atomic E-state index is 0.453. The highest BCUT2D eigenvalue weighted by atomic mass is 32.1. The van der Waals surface area contributed by atoms with E-state index in [0.29, 0.717) is 6.54 Å². The van der Waals surface area contributed by atoms with Crippen molar-refractivity contribution in [2.75, 3.05) is 0 Å². The van der Waals surface area contributed by atoms with E-state index >= 15 is 0 Å². The molecule has 0 spiro atoms. The molecule has 6 heteroatoms. The lowest BCUT2D eigenvalue weighted by molar-refractivity contribution is 0.654. The van der Waals surface area contributed by atoms with Crippen LogP contribution < -0.4 is 5.73 Å². The van der Waals surface area contributed by atoms with Crippen molar-refractivity contribution in [1.29, 1.82) is 0 Å². The molecule has 0 atom stereocenters. The highest BCUT2D eigenvalue weighted by Crippen LogP contribution is 2.24. The lowest BCUT2D eigenvalue weighted by Crippen LogP contribution is -2.06. The van der Waals surface area contributed by atoms with E-state index in [-0.39, 0.29) is 0 Å². The van der Waals surface area contributed by atoms with Gasteiger partial charge in [-0.25, -0.2) is 4.98 Å². The number of hydrogen-bond acceptors (Lipinski definition) is 5. The molecule has 1 aliphatic carbocycles. The van der Waals surface area contributed by atoms with Gasteiger partial charge in [-0.2, -0.15) is 0 Å². The molecule has 1 aliphatic rings. The lowest BCUT2D eigenvalue weighted by atomic mass is 10.0. The monoisotopic (exact) mass is 235 g/mol. The van der Waals surface area contributed by atoms with E-state index < -0.39 is 0 Å². The largest absolute Gasteiger partial charge is 0.324 e. The Bertz CT molecular complexity index is 501. The molecule has 2 heterocycles. The fraction of sp³-hybridized carbons (Fsp3) is 0.500. The number of aromatic nitrogens is 4. The molecule has 0 aliphatic heterocycles. The smallest absolute Gasteiger partial charge is 0.217 e. The molecule has 16 heavy (non-hydrogen) atoms. The van der Waals surface area contributed by atoms with Crippen molar-refractivity contribution in [1.82, 2.24) is 19.7 Å². The fourth-order valence-electron chi connectivity index (χ4n) is 2.06. The van der Waals surface area contributed by atoms with Crippen LogP contribution in [0.4, 0.5) is 0 Å². The number of rotatable bonds is 2. The van der Waals surface area contributed by atoms with Crippen molar-refractivity contribution < 1.29 is 0 Å². The zero-order valence-electron chi connectivity index (χ0n) is 8.89. The van der Waals surface area contributed by atoms with Gasteiger partial charge in [-0.1, -0.05) is 11.3 Å². The van der Waals surface area contributed by atoms with Gasteiger partial charge in [0.1, 0.15) is 11.3 Å². The molecule has 0 saturated heterocycles. The second-order valence-corrected chi connectivity index (χ2v) is 4.94. The Morgan fingerprint density at radius 3 is 3.00 bits per heavy atom. The normalized spacial score (nSPS) is 15.1. The van der Waals surface area contributed by atoms with Gasteiger partial charge >= 0.3 is 0 Å². The van der Waals surface area contributed by atoms with Crippen LogP contribution in [0.2, 0.25) is 0 Å². The van der Waals surface area contributed by atoms with E-state index in [9.17, 15) is 0 Å². The molecule has 0 amide bonds. The first kappa shape index (κ1) is 9.92. The number of nitrogens with two attached hydrogens (primary N) is 1. The van der Waals surface area contributed by atoms with Gasteiger partial charge in [-0.15, -0.1) is 10.2 Å². The molecule has 2 aromatic heterocycles. The third-order valence-corrected chi connectivity index (χ3v) is 3.81. The summed E-state index contributed by atoms with van der Waals surface area (Å²) in [5.74, 6) is 0. The van der Waals surface area contributed by atoms with Gasteiger partial charge in [0, 0.05) is 12.2 Å². The standard InChI is InChI=1S/C10H13N5S/c11-5-9-13-14-10(16-9)15-6-12-7-3-1-2-4-8(7)15/h6H,1-5,11H2. The second-order valence-electron chi connectivity index (χ2n) is 3.90. The average molecular weight is 235 g/mol. The van der Waals surface area contributed by atoms with Crippen LogP contribution in [0.5, 0.6) is 0 Å². The summed E-state index contributed by atoms with van der Waals surface area (Å²) in [5.41, 5.74) is 8.05. The maximum atomic E-state index is 5.54. The fourth-order valence-corrected chi connectivity index (χ4v) is 2.77. The Morgan fingerprint density at radius 2 is 2.19 bits per heavy atom. The number of imidazole rings is 1. The predicted octanol–water partition coefficient (Wildman–Crippen LogP) is 1.06. The molecule has 0 fully saturated rings. The van der Waals surface area contributed by atoms with Crippen molar-refractivity contribution in [2.45, 2.75) is 32.2 Å². The lowest BCUT2D eigenvalue weighted by Gasteiger charge is -2.11. The van der Waals surface area contributed by atoms with E-state index in [0.717, 1.165) is 23.0 Å². The summed E-state index contributed by atoms with van der Waals surface area (Å²) in [6.07, 6.45) is 6.52. The van der Waals surface area contributed by atoms with Crippen LogP contribution >= 0.6 is 11.3 Å². The Hall–Kier alpha value is -1.27. The molecule has 0 saturated carbocycles. The van der Waals surface area contributed by atoms with Gasteiger partial charge in [0.05, 0.1) is 5.69 Å². The van der Waals surface area contributed by atoms with Gasteiger partial charge in [-0.05, 0) is 25.7 Å². The van der Waals surface area contributed by atoms with Crippen LogP contribution in [0.3, 0.4) is 0 Å². The summed E-state index contributed by atoms with van der Waals surface area (Å²) < 4.78 is 2.06. The first-order valence-corrected chi connectivity index (χ1v) is 6.28. The molecule has 0 unspecified atom stereocenters. The van der Waals surface area contributed by atoms with Crippen molar-refractivity contribution >= 4 is 11.3 Å². The minimum Gasteiger partial charge on any atom is -0.324 e. The van der Waals surface area contributed by atoms with E-state index in [1.54, 1.807) is 0 Å². The van der Waals surface area contributed by atoms with E-state index in [4.69, 9.17) is 5.73 Å². The van der Waals surface area contributed by atoms with Gasteiger partial charge in [0.2, 0.25) is 5.13 Å². The SMILES string of the molecule is NCc1nnc(-n2cnc3c2CCCC3)s1. The molecular weight excluding hydrogens is 222 g/mol. The summed E-state index contributed by atoms with van der Waals surface area (Å²) in [6, 6.07) is 0. The quantitative estimate of drug-likeness (QED) is 0.845. The molecule has 0 radical (unpaired) electrons. The van der Waals surface area contributed by atoms with Crippen molar-refractivity contribution in [3.05, 3.63) is 22.7 Å². The maximum absolute atomic E-state index is 5.54. The van der Waals surface area contributed by atoms with Gasteiger partial charge in [0.25, 0.3) is 0 Å². The van der Waals surface area contributed by atoms with Crippen LogP contribution in [-0.2, 0) is 19.4 Å².